The standard InChI is InChI=1S/C7H15NO4S/c1-5(9)6(10)8-13(11,12)7(2,3)4/h5,9H,1-4H3,(H,8,10)/t5-/m0/s1. The van der Waals surface area contributed by atoms with Gasteiger partial charge in [0.05, 0.1) is 4.75 Å². The first-order chi connectivity index (χ1) is 5.58. The van der Waals surface area contributed by atoms with E-state index in [4.69, 9.17) is 5.11 Å². The second kappa shape index (κ2) is 3.63. The van der Waals surface area contributed by atoms with Crippen LogP contribution < -0.4 is 4.72 Å². The van der Waals surface area contributed by atoms with Crippen LogP contribution >= 0.6 is 0 Å². The number of carbonyl (C=O) groups is 1. The first kappa shape index (κ1) is 12.4. The Morgan fingerprint density at radius 2 is 1.77 bits per heavy atom. The molecule has 1 amide bonds. The number of rotatable bonds is 2. The fourth-order valence-electron chi connectivity index (χ4n) is 0.371. The van der Waals surface area contributed by atoms with Crippen molar-refractivity contribution in [3.05, 3.63) is 0 Å². The molecule has 5 nitrogen and oxygen atoms in total. The molecule has 0 aliphatic carbocycles. The highest BCUT2D eigenvalue weighted by Crippen LogP contribution is 2.12. The van der Waals surface area contributed by atoms with Gasteiger partial charge in [-0.05, 0) is 27.7 Å². The number of nitrogens with one attached hydrogen (secondary N) is 1. The Bertz CT molecular complexity index is 286. The minimum absolute atomic E-state index is 0.907. The average Bonchev–Trinajstić information content (AvgIpc) is 1.83. The van der Waals surface area contributed by atoms with E-state index >= 15 is 0 Å². The van der Waals surface area contributed by atoms with Crippen LogP contribution in [0, 0.1) is 0 Å². The molecule has 0 rings (SSSR count). The van der Waals surface area contributed by atoms with Gasteiger partial charge in [0.1, 0.15) is 6.10 Å². The molecule has 0 bridgehead atoms. The number of carbonyl (C=O) groups excluding carboxylic acids is 1. The van der Waals surface area contributed by atoms with Crippen LogP contribution in [0.1, 0.15) is 27.7 Å². The summed E-state index contributed by atoms with van der Waals surface area (Å²) in [5, 5.41) is 8.77. The number of aliphatic hydroxyl groups is 1. The largest absolute Gasteiger partial charge is 0.384 e. The second-order valence-electron chi connectivity index (χ2n) is 3.76. The van der Waals surface area contributed by atoms with E-state index in [0.717, 1.165) is 0 Å². The van der Waals surface area contributed by atoms with Crippen molar-refractivity contribution in [3.8, 4) is 0 Å². The van der Waals surface area contributed by atoms with Crippen LogP contribution in [-0.4, -0.2) is 30.3 Å². The number of sulfonamides is 1. The third kappa shape index (κ3) is 3.31. The van der Waals surface area contributed by atoms with Gasteiger partial charge in [-0.1, -0.05) is 0 Å². The van der Waals surface area contributed by atoms with E-state index < -0.39 is 26.8 Å². The van der Waals surface area contributed by atoms with Crippen molar-refractivity contribution in [2.45, 2.75) is 38.5 Å². The Labute approximate surface area is 78.2 Å². The normalized spacial score (nSPS) is 15.2. The molecule has 1 atom stereocenters. The van der Waals surface area contributed by atoms with Gasteiger partial charge < -0.3 is 5.11 Å². The summed E-state index contributed by atoms with van der Waals surface area (Å²) in [7, 11) is -3.70. The van der Waals surface area contributed by atoms with Crippen LogP contribution in [-0.2, 0) is 14.8 Å². The van der Waals surface area contributed by atoms with E-state index in [0.29, 0.717) is 0 Å². The number of hydrogen-bond acceptors (Lipinski definition) is 4. The third-order valence-corrected chi connectivity index (χ3v) is 3.50. The molecule has 0 aromatic rings. The van der Waals surface area contributed by atoms with Crippen LogP contribution in [0.3, 0.4) is 0 Å². The van der Waals surface area contributed by atoms with E-state index in [1.165, 1.54) is 27.7 Å². The van der Waals surface area contributed by atoms with E-state index in [-0.39, 0.29) is 0 Å². The highest BCUT2D eigenvalue weighted by Gasteiger charge is 2.31. The first-order valence-corrected chi connectivity index (χ1v) is 5.30. The molecular formula is C7H15NO4S. The molecule has 6 heteroatoms. The molecule has 0 unspecified atom stereocenters. The summed E-state index contributed by atoms with van der Waals surface area (Å²) in [6, 6.07) is 0. The van der Waals surface area contributed by atoms with Gasteiger partial charge in [-0.3, -0.25) is 9.52 Å². The maximum Gasteiger partial charge on any atom is 0.261 e. The lowest BCUT2D eigenvalue weighted by Crippen LogP contribution is -2.45. The predicted molar refractivity (Wildman–Crippen MR) is 48.5 cm³/mol. The molecule has 0 radical (unpaired) electrons. The molecule has 78 valence electrons. The van der Waals surface area contributed by atoms with Crippen molar-refractivity contribution in [3.63, 3.8) is 0 Å². The lowest BCUT2D eigenvalue weighted by molar-refractivity contribution is -0.126. The number of aliphatic hydroxyl groups excluding tert-OH is 1. The van der Waals surface area contributed by atoms with Gasteiger partial charge in [-0.2, -0.15) is 0 Å². The van der Waals surface area contributed by atoms with Crippen LogP contribution in [0.5, 0.6) is 0 Å². The maximum atomic E-state index is 11.3. The molecule has 13 heavy (non-hydrogen) atoms. The Morgan fingerprint density at radius 3 is 2.00 bits per heavy atom. The van der Waals surface area contributed by atoms with Crippen molar-refractivity contribution in [2.24, 2.45) is 0 Å². The van der Waals surface area contributed by atoms with Gasteiger partial charge in [0.2, 0.25) is 10.0 Å². The third-order valence-electron chi connectivity index (χ3n) is 1.42. The minimum atomic E-state index is -3.70. The lowest BCUT2D eigenvalue weighted by Gasteiger charge is -2.19. The number of hydrogen-bond donors (Lipinski definition) is 2. The molecule has 0 spiro atoms. The maximum absolute atomic E-state index is 11.3. The van der Waals surface area contributed by atoms with E-state index in [2.05, 4.69) is 0 Å². The fourth-order valence-corrected chi connectivity index (χ4v) is 1.11. The SMILES string of the molecule is C[C@H](O)C(=O)NS(=O)(=O)C(C)(C)C. The summed E-state index contributed by atoms with van der Waals surface area (Å²) in [5.74, 6) is -0.907. The van der Waals surface area contributed by atoms with Crippen molar-refractivity contribution < 1.29 is 18.3 Å². The zero-order chi connectivity index (χ0) is 10.9. The molecule has 0 aromatic heterocycles. The molecule has 0 aliphatic rings. The van der Waals surface area contributed by atoms with E-state index in [1.54, 1.807) is 4.72 Å². The zero-order valence-electron chi connectivity index (χ0n) is 8.16. The Balaban J connectivity index is 4.65. The molecule has 0 saturated carbocycles. The second-order valence-corrected chi connectivity index (χ2v) is 6.19. The van der Waals surface area contributed by atoms with E-state index in [1.807, 2.05) is 0 Å². The molecule has 0 fully saturated rings. The molecule has 0 heterocycles. The van der Waals surface area contributed by atoms with Crippen molar-refractivity contribution in [1.29, 1.82) is 0 Å². The smallest absolute Gasteiger partial charge is 0.261 e. The predicted octanol–water partition coefficient (Wildman–Crippen LogP) is -0.388. The summed E-state index contributed by atoms with van der Waals surface area (Å²) < 4.78 is 23.4. The highest BCUT2D eigenvalue weighted by atomic mass is 32.2. The minimum Gasteiger partial charge on any atom is -0.384 e. The molecule has 0 aliphatic heterocycles. The van der Waals surface area contributed by atoms with Crippen LogP contribution in [0.4, 0.5) is 0 Å². The molecule has 2 N–H and O–H groups in total. The van der Waals surface area contributed by atoms with Gasteiger partial charge >= 0.3 is 0 Å². The monoisotopic (exact) mass is 209 g/mol. The summed E-state index contributed by atoms with van der Waals surface area (Å²) in [4.78, 5) is 10.9. The van der Waals surface area contributed by atoms with E-state index in [9.17, 15) is 13.2 Å². The quantitative estimate of drug-likeness (QED) is 0.649. The van der Waals surface area contributed by atoms with Crippen molar-refractivity contribution in [1.82, 2.24) is 4.72 Å². The van der Waals surface area contributed by atoms with Gasteiger partial charge in [-0.15, -0.1) is 0 Å². The van der Waals surface area contributed by atoms with Gasteiger partial charge in [0.15, 0.2) is 0 Å². The fraction of sp³-hybridized carbons (Fsp3) is 0.857. The topological polar surface area (TPSA) is 83.5 Å². The first-order valence-electron chi connectivity index (χ1n) is 3.82. The molecule has 0 saturated heterocycles. The Hall–Kier alpha value is -0.620. The average molecular weight is 209 g/mol. The van der Waals surface area contributed by atoms with Gasteiger partial charge in [0.25, 0.3) is 5.91 Å². The number of amides is 1. The Kier molecular flexibility index (Phi) is 3.46. The summed E-state index contributed by atoms with van der Waals surface area (Å²) in [5.41, 5.74) is 0. The van der Waals surface area contributed by atoms with Crippen LogP contribution in [0.25, 0.3) is 0 Å². The summed E-state index contributed by atoms with van der Waals surface area (Å²) >= 11 is 0. The van der Waals surface area contributed by atoms with Gasteiger partial charge in [-0.25, -0.2) is 8.42 Å². The van der Waals surface area contributed by atoms with Crippen LogP contribution in [0.15, 0.2) is 0 Å². The van der Waals surface area contributed by atoms with Crippen molar-refractivity contribution in [2.75, 3.05) is 0 Å². The molecule has 0 aromatic carbocycles. The summed E-state index contributed by atoms with van der Waals surface area (Å²) in [6.07, 6.45) is -1.32. The molecular weight excluding hydrogens is 194 g/mol. The Morgan fingerprint density at radius 1 is 1.38 bits per heavy atom. The lowest BCUT2D eigenvalue weighted by atomic mass is 10.3. The van der Waals surface area contributed by atoms with Crippen molar-refractivity contribution >= 4 is 15.9 Å². The summed E-state index contributed by atoms with van der Waals surface area (Å²) in [6.45, 7) is 5.59. The zero-order valence-corrected chi connectivity index (χ0v) is 8.97. The highest BCUT2D eigenvalue weighted by molar-refractivity contribution is 7.91. The van der Waals surface area contributed by atoms with Gasteiger partial charge in [0, 0.05) is 0 Å². The van der Waals surface area contributed by atoms with Crippen LogP contribution in [0.2, 0.25) is 0 Å².